The molecule has 0 saturated heterocycles. The third kappa shape index (κ3) is 5.02. The molecular formula is C15H22ClNO3. The molecule has 0 unspecified atom stereocenters. The molecule has 5 heteroatoms. The summed E-state index contributed by atoms with van der Waals surface area (Å²) in [5, 5.41) is 0.648. The highest BCUT2D eigenvalue weighted by molar-refractivity contribution is 6.30. The number of rotatable bonds is 6. The van der Waals surface area contributed by atoms with Gasteiger partial charge in [-0.15, -0.1) is 0 Å². The Bertz CT molecular complexity index is 431. The number of hydrogen-bond acceptors (Lipinski definition) is 4. The Kier molecular flexibility index (Phi) is 6.30. The van der Waals surface area contributed by atoms with Crippen LogP contribution in [-0.4, -0.2) is 24.2 Å². The fraction of sp³-hybridized carbons (Fsp3) is 0.533. The van der Waals surface area contributed by atoms with Crippen molar-refractivity contribution in [3.63, 3.8) is 0 Å². The molecule has 1 aromatic rings. The molecule has 0 aromatic heterocycles. The largest absolute Gasteiger partial charge is 0.486 e. The topological polar surface area (TPSA) is 61.5 Å². The van der Waals surface area contributed by atoms with Crippen LogP contribution in [0.4, 0.5) is 0 Å². The van der Waals surface area contributed by atoms with Crippen molar-refractivity contribution >= 4 is 17.6 Å². The van der Waals surface area contributed by atoms with Crippen molar-refractivity contribution in [2.75, 3.05) is 0 Å². The monoisotopic (exact) mass is 299 g/mol. The van der Waals surface area contributed by atoms with Gasteiger partial charge >= 0.3 is 5.97 Å². The lowest BCUT2D eigenvalue weighted by molar-refractivity contribution is -0.155. The first-order chi connectivity index (χ1) is 9.31. The molecule has 0 spiro atoms. The highest BCUT2D eigenvalue weighted by Crippen LogP contribution is 2.21. The second-order valence-electron chi connectivity index (χ2n) is 5.21. The van der Waals surface area contributed by atoms with Crippen molar-refractivity contribution in [3.05, 3.63) is 29.3 Å². The molecule has 0 amide bonds. The second-order valence-corrected chi connectivity index (χ2v) is 5.65. The van der Waals surface area contributed by atoms with E-state index in [1.807, 2.05) is 13.8 Å². The van der Waals surface area contributed by atoms with Crippen molar-refractivity contribution in [2.45, 2.75) is 45.9 Å². The first-order valence-electron chi connectivity index (χ1n) is 6.69. The van der Waals surface area contributed by atoms with Gasteiger partial charge in [-0.2, -0.15) is 0 Å². The van der Waals surface area contributed by atoms with Gasteiger partial charge in [-0.3, -0.25) is 4.79 Å². The molecule has 20 heavy (non-hydrogen) atoms. The summed E-state index contributed by atoms with van der Waals surface area (Å²) in [4.78, 5) is 11.6. The Labute approximate surface area is 125 Å². The number of esters is 1. The van der Waals surface area contributed by atoms with E-state index in [9.17, 15) is 4.79 Å². The molecule has 0 saturated carbocycles. The summed E-state index contributed by atoms with van der Waals surface area (Å²) in [7, 11) is 0. The maximum Gasteiger partial charge on any atom is 0.323 e. The summed E-state index contributed by atoms with van der Waals surface area (Å²) in [6.07, 6.45) is -0.636. The highest BCUT2D eigenvalue weighted by Gasteiger charge is 2.27. The summed E-state index contributed by atoms with van der Waals surface area (Å²) in [5.41, 5.74) is 5.50. The van der Waals surface area contributed by atoms with E-state index in [0.717, 1.165) is 0 Å². The molecular weight excluding hydrogens is 278 g/mol. The van der Waals surface area contributed by atoms with Crippen LogP contribution in [0.2, 0.25) is 5.02 Å². The Morgan fingerprint density at radius 1 is 1.15 bits per heavy atom. The van der Waals surface area contributed by atoms with Crippen molar-refractivity contribution < 1.29 is 14.3 Å². The van der Waals surface area contributed by atoms with Gasteiger partial charge in [0.2, 0.25) is 0 Å². The lowest BCUT2D eigenvalue weighted by Crippen LogP contribution is -2.41. The Balaban J connectivity index is 2.73. The average molecular weight is 300 g/mol. The van der Waals surface area contributed by atoms with Gasteiger partial charge in [-0.25, -0.2) is 0 Å². The summed E-state index contributed by atoms with van der Waals surface area (Å²) in [6, 6.07) is 6.45. The van der Waals surface area contributed by atoms with E-state index in [1.165, 1.54) is 0 Å². The minimum Gasteiger partial charge on any atom is -0.486 e. The molecule has 2 N–H and O–H groups in total. The lowest BCUT2D eigenvalue weighted by Gasteiger charge is -2.28. The minimum absolute atomic E-state index is 0.182. The lowest BCUT2D eigenvalue weighted by atomic mass is 10.0. The quantitative estimate of drug-likeness (QED) is 0.820. The van der Waals surface area contributed by atoms with Crippen molar-refractivity contribution in [1.82, 2.24) is 0 Å². The summed E-state index contributed by atoms with van der Waals surface area (Å²) < 4.78 is 11.2. The van der Waals surface area contributed by atoms with E-state index in [0.29, 0.717) is 10.8 Å². The zero-order chi connectivity index (χ0) is 15.3. The van der Waals surface area contributed by atoms with Crippen LogP contribution in [0.5, 0.6) is 5.75 Å². The van der Waals surface area contributed by atoms with Gasteiger partial charge in [0.1, 0.15) is 24.0 Å². The van der Waals surface area contributed by atoms with Gasteiger partial charge in [0.05, 0.1) is 0 Å². The predicted molar refractivity (Wildman–Crippen MR) is 79.9 cm³/mol. The van der Waals surface area contributed by atoms with Gasteiger partial charge in [0, 0.05) is 5.02 Å². The average Bonchev–Trinajstić information content (AvgIpc) is 2.37. The van der Waals surface area contributed by atoms with Crippen LogP contribution < -0.4 is 10.5 Å². The van der Waals surface area contributed by atoms with Crippen LogP contribution in [0.3, 0.4) is 0 Å². The molecule has 0 fully saturated rings. The van der Waals surface area contributed by atoms with E-state index in [2.05, 4.69) is 0 Å². The third-order valence-corrected chi connectivity index (χ3v) is 3.13. The molecule has 0 radical (unpaired) electrons. The zero-order valence-corrected chi connectivity index (χ0v) is 13.1. The van der Waals surface area contributed by atoms with Crippen LogP contribution in [0.25, 0.3) is 0 Å². The number of nitrogens with two attached hydrogens (primary N) is 1. The number of halogens is 1. The molecule has 0 aliphatic heterocycles. The van der Waals surface area contributed by atoms with E-state index >= 15 is 0 Å². The molecule has 0 heterocycles. The van der Waals surface area contributed by atoms with E-state index in [-0.39, 0.29) is 18.1 Å². The van der Waals surface area contributed by atoms with Gasteiger partial charge < -0.3 is 15.2 Å². The van der Waals surface area contributed by atoms with Crippen LogP contribution in [0, 0.1) is 5.92 Å². The molecule has 4 nitrogen and oxygen atoms in total. The molecule has 112 valence electrons. The third-order valence-electron chi connectivity index (χ3n) is 2.88. The van der Waals surface area contributed by atoms with E-state index < -0.39 is 12.0 Å². The Morgan fingerprint density at radius 3 is 2.15 bits per heavy atom. The Hall–Kier alpha value is -1.26. The smallest absolute Gasteiger partial charge is 0.323 e. The number of ether oxygens (including phenoxy) is 2. The summed E-state index contributed by atoms with van der Waals surface area (Å²) in [6.45, 7) is 7.42. The van der Waals surface area contributed by atoms with Crippen molar-refractivity contribution in [2.24, 2.45) is 11.7 Å². The fourth-order valence-corrected chi connectivity index (χ4v) is 1.93. The first kappa shape index (κ1) is 16.8. The second kappa shape index (κ2) is 7.50. The van der Waals surface area contributed by atoms with Crippen LogP contribution >= 0.6 is 11.6 Å². The van der Waals surface area contributed by atoms with Gasteiger partial charge in [-0.05, 0) is 44.0 Å². The molecule has 3 atom stereocenters. The maximum absolute atomic E-state index is 11.6. The molecule has 0 aliphatic carbocycles. The predicted octanol–water partition coefficient (Wildman–Crippen LogP) is 3.02. The van der Waals surface area contributed by atoms with Gasteiger partial charge in [-0.1, -0.05) is 25.4 Å². The maximum atomic E-state index is 11.6. The number of hydrogen-bond donors (Lipinski definition) is 1. The highest BCUT2D eigenvalue weighted by atomic mass is 35.5. The van der Waals surface area contributed by atoms with Gasteiger partial charge in [0.25, 0.3) is 0 Å². The SMILES string of the molecule is CC(C)[C@@H](Oc1ccc(Cl)cc1)[C@H](C)OC(=O)[C@H](C)N. The van der Waals surface area contributed by atoms with Crippen LogP contribution in [-0.2, 0) is 9.53 Å². The normalized spacial score (nSPS) is 15.6. The summed E-state index contributed by atoms with van der Waals surface area (Å²) in [5.74, 6) is 0.446. The number of benzene rings is 1. The Morgan fingerprint density at radius 2 is 1.70 bits per heavy atom. The number of carbonyl (C=O) groups is 1. The van der Waals surface area contributed by atoms with E-state index in [4.69, 9.17) is 26.8 Å². The zero-order valence-electron chi connectivity index (χ0n) is 12.3. The number of carbonyl (C=O) groups excluding carboxylic acids is 1. The standard InChI is InChI=1S/C15H22ClNO3/c1-9(2)14(11(4)19-15(18)10(3)17)20-13-7-5-12(16)6-8-13/h5-11,14H,17H2,1-4H3/t10-,11-,14+/m0/s1. The van der Waals surface area contributed by atoms with E-state index in [1.54, 1.807) is 38.1 Å². The molecule has 1 rings (SSSR count). The van der Waals surface area contributed by atoms with Gasteiger partial charge in [0.15, 0.2) is 0 Å². The molecule has 0 aliphatic rings. The minimum atomic E-state index is -0.638. The van der Waals surface area contributed by atoms with Crippen molar-refractivity contribution in [1.29, 1.82) is 0 Å². The fourth-order valence-electron chi connectivity index (χ4n) is 1.80. The van der Waals surface area contributed by atoms with Crippen LogP contribution in [0.15, 0.2) is 24.3 Å². The molecule has 0 bridgehead atoms. The summed E-state index contributed by atoms with van der Waals surface area (Å²) >= 11 is 5.84. The molecule has 1 aromatic carbocycles. The van der Waals surface area contributed by atoms with Crippen LogP contribution in [0.1, 0.15) is 27.7 Å². The van der Waals surface area contributed by atoms with Crippen molar-refractivity contribution in [3.8, 4) is 5.75 Å². The first-order valence-corrected chi connectivity index (χ1v) is 7.07.